The van der Waals surface area contributed by atoms with Crippen LogP contribution in [0.3, 0.4) is 0 Å². The Balaban J connectivity index is 1.75. The Labute approximate surface area is 124 Å². The van der Waals surface area contributed by atoms with Crippen molar-refractivity contribution in [2.45, 2.75) is 19.4 Å². The van der Waals surface area contributed by atoms with Crippen molar-refractivity contribution in [2.24, 2.45) is 17.6 Å². The molecule has 3 unspecified atom stereocenters. The number of halogens is 1. The molecular formula is C15H21ClN2O2. The largest absolute Gasteiger partial charge is 0.486 e. The van der Waals surface area contributed by atoms with Crippen molar-refractivity contribution in [3.63, 3.8) is 0 Å². The van der Waals surface area contributed by atoms with Crippen molar-refractivity contribution < 1.29 is 9.47 Å². The molecular weight excluding hydrogens is 276 g/mol. The third-order valence-corrected chi connectivity index (χ3v) is 4.44. The molecule has 1 aliphatic carbocycles. The van der Waals surface area contributed by atoms with E-state index in [0.717, 1.165) is 29.7 Å². The van der Waals surface area contributed by atoms with Crippen LogP contribution in [0.15, 0.2) is 12.1 Å². The Bertz CT molecular complexity index is 495. The lowest BCUT2D eigenvalue weighted by Gasteiger charge is -2.23. The van der Waals surface area contributed by atoms with Gasteiger partial charge in [0.25, 0.3) is 0 Å². The van der Waals surface area contributed by atoms with E-state index in [1.807, 2.05) is 12.1 Å². The predicted molar refractivity (Wildman–Crippen MR) is 79.5 cm³/mol. The van der Waals surface area contributed by atoms with Crippen LogP contribution >= 0.6 is 11.6 Å². The first kappa shape index (κ1) is 14.0. The predicted octanol–water partition coefficient (Wildman–Crippen LogP) is 2.36. The number of nitrogens with one attached hydrogen (secondary N) is 1. The number of ether oxygens (including phenoxy) is 2. The smallest absolute Gasteiger partial charge is 0.179 e. The molecule has 2 aliphatic rings. The van der Waals surface area contributed by atoms with Crippen molar-refractivity contribution in [1.82, 2.24) is 5.32 Å². The van der Waals surface area contributed by atoms with Gasteiger partial charge in [0.05, 0.1) is 5.02 Å². The zero-order valence-corrected chi connectivity index (χ0v) is 12.5. The molecule has 0 aromatic heterocycles. The first-order chi connectivity index (χ1) is 9.69. The van der Waals surface area contributed by atoms with Crippen LogP contribution in [0.1, 0.15) is 24.9 Å². The average molecular weight is 297 g/mol. The van der Waals surface area contributed by atoms with E-state index >= 15 is 0 Å². The molecule has 3 rings (SSSR count). The number of nitrogens with two attached hydrogens (primary N) is 1. The van der Waals surface area contributed by atoms with Gasteiger partial charge in [-0.3, -0.25) is 0 Å². The van der Waals surface area contributed by atoms with Crippen molar-refractivity contribution in [3.8, 4) is 11.5 Å². The standard InChI is InChI=1S/C15H21ClN2O2/c1-9-4-11(9)8-18-13(7-17)10-5-12(16)15-14(6-10)19-2-3-20-15/h5-6,9,11,13,18H,2-4,7-8,17H2,1H3. The molecule has 3 N–H and O–H groups in total. The molecule has 0 bridgehead atoms. The van der Waals surface area contributed by atoms with Gasteiger partial charge in [-0.2, -0.15) is 0 Å². The molecule has 110 valence electrons. The lowest BCUT2D eigenvalue weighted by Crippen LogP contribution is -2.30. The fourth-order valence-electron chi connectivity index (χ4n) is 2.65. The fraction of sp³-hybridized carbons (Fsp3) is 0.600. The molecule has 4 nitrogen and oxygen atoms in total. The van der Waals surface area contributed by atoms with E-state index in [1.165, 1.54) is 6.42 Å². The van der Waals surface area contributed by atoms with Gasteiger partial charge in [-0.1, -0.05) is 18.5 Å². The molecule has 3 atom stereocenters. The molecule has 20 heavy (non-hydrogen) atoms. The van der Waals surface area contributed by atoms with Gasteiger partial charge >= 0.3 is 0 Å². The van der Waals surface area contributed by atoms with Gasteiger partial charge in [0.15, 0.2) is 11.5 Å². The monoisotopic (exact) mass is 296 g/mol. The van der Waals surface area contributed by atoms with Crippen LogP contribution in [-0.4, -0.2) is 26.3 Å². The summed E-state index contributed by atoms with van der Waals surface area (Å²) in [6, 6.07) is 4.02. The Morgan fingerprint density at radius 3 is 2.85 bits per heavy atom. The van der Waals surface area contributed by atoms with Crippen LogP contribution in [0, 0.1) is 11.8 Å². The first-order valence-corrected chi connectivity index (χ1v) is 7.59. The highest BCUT2D eigenvalue weighted by atomic mass is 35.5. The van der Waals surface area contributed by atoms with Crippen LogP contribution in [0.25, 0.3) is 0 Å². The van der Waals surface area contributed by atoms with Crippen molar-refractivity contribution in [1.29, 1.82) is 0 Å². The Morgan fingerprint density at radius 2 is 2.15 bits per heavy atom. The summed E-state index contributed by atoms with van der Waals surface area (Å²) in [5, 5.41) is 4.13. The van der Waals surface area contributed by atoms with Gasteiger partial charge in [-0.05, 0) is 42.5 Å². The molecule has 1 heterocycles. The van der Waals surface area contributed by atoms with Crippen LogP contribution in [0.4, 0.5) is 0 Å². The third-order valence-electron chi connectivity index (χ3n) is 4.16. The van der Waals surface area contributed by atoms with E-state index in [1.54, 1.807) is 0 Å². The van der Waals surface area contributed by atoms with E-state index in [2.05, 4.69) is 12.2 Å². The highest BCUT2D eigenvalue weighted by molar-refractivity contribution is 6.32. The van der Waals surface area contributed by atoms with Crippen LogP contribution < -0.4 is 20.5 Å². The topological polar surface area (TPSA) is 56.5 Å². The van der Waals surface area contributed by atoms with E-state index in [4.69, 9.17) is 26.8 Å². The first-order valence-electron chi connectivity index (χ1n) is 7.21. The molecule has 0 radical (unpaired) electrons. The van der Waals surface area contributed by atoms with Gasteiger partial charge in [0.1, 0.15) is 13.2 Å². The minimum absolute atomic E-state index is 0.108. The molecule has 5 heteroatoms. The maximum absolute atomic E-state index is 6.27. The van der Waals surface area contributed by atoms with Crippen LogP contribution in [0.5, 0.6) is 11.5 Å². The van der Waals surface area contributed by atoms with E-state index < -0.39 is 0 Å². The zero-order chi connectivity index (χ0) is 14.1. The summed E-state index contributed by atoms with van der Waals surface area (Å²) in [7, 11) is 0. The summed E-state index contributed by atoms with van der Waals surface area (Å²) in [5.41, 5.74) is 6.96. The third kappa shape index (κ3) is 2.87. The summed E-state index contributed by atoms with van der Waals surface area (Å²) in [6.45, 7) is 4.94. The van der Waals surface area contributed by atoms with Crippen LogP contribution in [0.2, 0.25) is 5.02 Å². The fourth-order valence-corrected chi connectivity index (χ4v) is 2.92. The summed E-state index contributed by atoms with van der Waals surface area (Å²) in [4.78, 5) is 0. The molecule has 1 fully saturated rings. The van der Waals surface area contributed by atoms with E-state index in [-0.39, 0.29) is 6.04 Å². The average Bonchev–Trinajstić information content (AvgIpc) is 3.15. The lowest BCUT2D eigenvalue weighted by atomic mass is 10.1. The highest BCUT2D eigenvalue weighted by Gasteiger charge is 2.32. The second kappa shape index (κ2) is 5.80. The molecule has 1 aromatic carbocycles. The molecule has 1 saturated carbocycles. The van der Waals surface area contributed by atoms with E-state index in [9.17, 15) is 0 Å². The normalized spacial score (nSPS) is 25.4. The lowest BCUT2D eigenvalue weighted by molar-refractivity contribution is 0.171. The maximum atomic E-state index is 6.27. The molecule has 0 amide bonds. The molecule has 1 aromatic rings. The molecule has 1 aliphatic heterocycles. The van der Waals surface area contributed by atoms with Crippen molar-refractivity contribution >= 4 is 11.6 Å². The summed E-state index contributed by atoms with van der Waals surface area (Å²) < 4.78 is 11.2. The Morgan fingerprint density at radius 1 is 1.40 bits per heavy atom. The number of rotatable bonds is 5. The van der Waals surface area contributed by atoms with Gasteiger partial charge in [0, 0.05) is 12.6 Å². The second-order valence-corrected chi connectivity index (χ2v) is 6.10. The number of benzene rings is 1. The second-order valence-electron chi connectivity index (χ2n) is 5.70. The minimum Gasteiger partial charge on any atom is -0.486 e. The quantitative estimate of drug-likeness (QED) is 0.876. The number of hydrogen-bond donors (Lipinski definition) is 2. The van der Waals surface area contributed by atoms with Crippen molar-refractivity contribution in [2.75, 3.05) is 26.3 Å². The Hall–Kier alpha value is -0.970. The molecule has 0 saturated heterocycles. The SMILES string of the molecule is CC1CC1CNC(CN)c1cc(Cl)c2c(c1)OCCO2. The van der Waals surface area contributed by atoms with Gasteiger partial charge in [0.2, 0.25) is 0 Å². The summed E-state index contributed by atoms with van der Waals surface area (Å²) in [6.07, 6.45) is 1.31. The minimum atomic E-state index is 0.108. The Kier molecular flexibility index (Phi) is 4.06. The summed E-state index contributed by atoms with van der Waals surface area (Å²) in [5.74, 6) is 2.99. The maximum Gasteiger partial charge on any atom is 0.179 e. The van der Waals surface area contributed by atoms with Crippen LogP contribution in [-0.2, 0) is 0 Å². The van der Waals surface area contributed by atoms with Gasteiger partial charge < -0.3 is 20.5 Å². The van der Waals surface area contributed by atoms with Gasteiger partial charge in [-0.15, -0.1) is 0 Å². The highest BCUT2D eigenvalue weighted by Crippen LogP contribution is 2.40. The van der Waals surface area contributed by atoms with Gasteiger partial charge in [-0.25, -0.2) is 0 Å². The zero-order valence-electron chi connectivity index (χ0n) is 11.7. The number of hydrogen-bond acceptors (Lipinski definition) is 4. The van der Waals surface area contributed by atoms with E-state index in [0.29, 0.717) is 30.5 Å². The number of fused-ring (bicyclic) bond motifs is 1. The molecule has 0 spiro atoms. The van der Waals surface area contributed by atoms with Crippen molar-refractivity contribution in [3.05, 3.63) is 22.7 Å². The summed E-state index contributed by atoms with van der Waals surface area (Å²) >= 11 is 6.27.